The smallest absolute Gasteiger partial charge is 0.0331 e. The van der Waals surface area contributed by atoms with E-state index in [1.807, 2.05) is 0 Å². The maximum atomic E-state index is 6.21. The molecular formula is C16H34N2. The van der Waals surface area contributed by atoms with Crippen LogP contribution in [0.1, 0.15) is 72.1 Å². The zero-order valence-corrected chi connectivity index (χ0v) is 12.9. The van der Waals surface area contributed by atoms with Crippen LogP contribution >= 0.6 is 0 Å². The van der Waals surface area contributed by atoms with Crippen LogP contribution in [-0.4, -0.2) is 30.1 Å². The van der Waals surface area contributed by atoms with Gasteiger partial charge >= 0.3 is 0 Å². The molecule has 2 nitrogen and oxygen atoms in total. The van der Waals surface area contributed by atoms with Crippen molar-refractivity contribution in [3.8, 4) is 0 Å². The van der Waals surface area contributed by atoms with E-state index >= 15 is 0 Å². The summed E-state index contributed by atoms with van der Waals surface area (Å²) in [6.07, 6.45) is 10.9. The summed E-state index contributed by atoms with van der Waals surface area (Å²) in [6.45, 7) is 10.2. The van der Waals surface area contributed by atoms with E-state index in [0.717, 1.165) is 19.0 Å². The first-order valence-corrected chi connectivity index (χ1v) is 8.13. The summed E-state index contributed by atoms with van der Waals surface area (Å²) >= 11 is 0. The largest absolute Gasteiger partial charge is 0.329 e. The van der Waals surface area contributed by atoms with Crippen LogP contribution in [0.5, 0.6) is 0 Å². The molecule has 0 aromatic rings. The van der Waals surface area contributed by atoms with Gasteiger partial charge < -0.3 is 5.73 Å². The lowest BCUT2D eigenvalue weighted by Crippen LogP contribution is -2.55. The van der Waals surface area contributed by atoms with Gasteiger partial charge in [-0.25, -0.2) is 0 Å². The average molecular weight is 254 g/mol. The molecule has 1 aliphatic carbocycles. The van der Waals surface area contributed by atoms with Crippen LogP contribution in [0.4, 0.5) is 0 Å². The molecule has 1 saturated carbocycles. The van der Waals surface area contributed by atoms with Crippen LogP contribution in [0.3, 0.4) is 0 Å². The highest BCUT2D eigenvalue weighted by molar-refractivity contribution is 4.92. The molecule has 1 aliphatic rings. The predicted molar refractivity (Wildman–Crippen MR) is 80.8 cm³/mol. The van der Waals surface area contributed by atoms with Crippen LogP contribution in [0.15, 0.2) is 0 Å². The molecule has 0 amide bonds. The monoisotopic (exact) mass is 254 g/mol. The van der Waals surface area contributed by atoms with Crippen molar-refractivity contribution in [1.29, 1.82) is 0 Å². The van der Waals surface area contributed by atoms with Crippen molar-refractivity contribution in [2.45, 2.75) is 77.7 Å². The second kappa shape index (κ2) is 8.16. The molecule has 0 heterocycles. The molecule has 0 aromatic carbocycles. The Hall–Kier alpha value is -0.0800. The van der Waals surface area contributed by atoms with Gasteiger partial charge in [0.15, 0.2) is 0 Å². The van der Waals surface area contributed by atoms with Gasteiger partial charge in [0, 0.05) is 18.6 Å². The maximum absolute atomic E-state index is 6.21. The Kier molecular flexibility index (Phi) is 7.25. The van der Waals surface area contributed by atoms with Crippen LogP contribution in [0.25, 0.3) is 0 Å². The maximum Gasteiger partial charge on any atom is 0.0331 e. The summed E-state index contributed by atoms with van der Waals surface area (Å²) in [6, 6.07) is 0. The standard InChI is InChI=1S/C16H34N2/c1-4-15(3)13-18(5-2)16(14-17)11-9-7-6-8-10-12-16/h15H,4-14,17H2,1-3H3. The topological polar surface area (TPSA) is 29.3 Å². The zero-order chi connectivity index (χ0) is 13.4. The highest BCUT2D eigenvalue weighted by Gasteiger charge is 2.34. The lowest BCUT2D eigenvalue weighted by Gasteiger charge is -2.45. The van der Waals surface area contributed by atoms with E-state index < -0.39 is 0 Å². The van der Waals surface area contributed by atoms with E-state index in [1.165, 1.54) is 57.9 Å². The fraction of sp³-hybridized carbons (Fsp3) is 1.00. The minimum absolute atomic E-state index is 0.304. The Labute approximate surface area is 114 Å². The Morgan fingerprint density at radius 3 is 2.06 bits per heavy atom. The lowest BCUT2D eigenvalue weighted by atomic mass is 9.81. The fourth-order valence-corrected chi connectivity index (χ4v) is 3.38. The third-order valence-corrected chi connectivity index (χ3v) is 4.95. The normalized spacial score (nSPS) is 22.5. The molecule has 1 atom stereocenters. The second-order valence-electron chi connectivity index (χ2n) is 6.25. The molecule has 18 heavy (non-hydrogen) atoms. The van der Waals surface area contributed by atoms with Crippen LogP contribution < -0.4 is 5.73 Å². The van der Waals surface area contributed by atoms with Crippen molar-refractivity contribution in [3.05, 3.63) is 0 Å². The summed E-state index contributed by atoms with van der Waals surface area (Å²) in [5.74, 6) is 0.791. The minimum Gasteiger partial charge on any atom is -0.329 e. The molecule has 2 heteroatoms. The van der Waals surface area contributed by atoms with Gasteiger partial charge in [0.25, 0.3) is 0 Å². The van der Waals surface area contributed by atoms with E-state index in [2.05, 4.69) is 25.7 Å². The van der Waals surface area contributed by atoms with E-state index in [4.69, 9.17) is 5.73 Å². The molecule has 1 unspecified atom stereocenters. The lowest BCUT2D eigenvalue weighted by molar-refractivity contribution is 0.0579. The van der Waals surface area contributed by atoms with Crippen molar-refractivity contribution in [3.63, 3.8) is 0 Å². The Morgan fingerprint density at radius 2 is 1.61 bits per heavy atom. The Balaban J connectivity index is 2.72. The molecule has 0 radical (unpaired) electrons. The highest BCUT2D eigenvalue weighted by atomic mass is 15.2. The summed E-state index contributed by atoms with van der Waals surface area (Å²) < 4.78 is 0. The molecule has 0 bridgehead atoms. The second-order valence-corrected chi connectivity index (χ2v) is 6.25. The number of rotatable bonds is 6. The Morgan fingerprint density at radius 1 is 1.06 bits per heavy atom. The first-order valence-electron chi connectivity index (χ1n) is 8.13. The van der Waals surface area contributed by atoms with Crippen molar-refractivity contribution < 1.29 is 0 Å². The third-order valence-electron chi connectivity index (χ3n) is 4.95. The van der Waals surface area contributed by atoms with E-state index in [9.17, 15) is 0 Å². The van der Waals surface area contributed by atoms with E-state index in [-0.39, 0.29) is 0 Å². The molecule has 0 spiro atoms. The van der Waals surface area contributed by atoms with Gasteiger partial charge in [-0.15, -0.1) is 0 Å². The molecular weight excluding hydrogens is 220 g/mol. The first kappa shape index (κ1) is 16.0. The van der Waals surface area contributed by atoms with Crippen molar-refractivity contribution in [2.24, 2.45) is 11.7 Å². The van der Waals surface area contributed by atoms with Crippen LogP contribution in [0, 0.1) is 5.92 Å². The molecule has 2 N–H and O–H groups in total. The number of nitrogens with two attached hydrogens (primary N) is 1. The molecule has 0 aromatic heterocycles. The van der Waals surface area contributed by atoms with Crippen molar-refractivity contribution in [2.75, 3.05) is 19.6 Å². The van der Waals surface area contributed by atoms with Crippen LogP contribution in [-0.2, 0) is 0 Å². The molecule has 0 saturated heterocycles. The number of nitrogens with zero attached hydrogens (tertiary/aromatic N) is 1. The molecule has 0 aliphatic heterocycles. The number of hydrogen-bond donors (Lipinski definition) is 1. The minimum atomic E-state index is 0.304. The van der Waals surface area contributed by atoms with Crippen molar-refractivity contribution in [1.82, 2.24) is 4.90 Å². The van der Waals surface area contributed by atoms with Gasteiger partial charge in [-0.1, -0.05) is 59.3 Å². The van der Waals surface area contributed by atoms with Gasteiger partial charge in [0.1, 0.15) is 0 Å². The first-order chi connectivity index (χ1) is 8.68. The fourth-order valence-electron chi connectivity index (χ4n) is 3.38. The summed E-state index contributed by atoms with van der Waals surface area (Å²) in [4.78, 5) is 2.70. The molecule has 1 rings (SSSR count). The third kappa shape index (κ3) is 4.24. The van der Waals surface area contributed by atoms with Gasteiger partial charge in [0.05, 0.1) is 0 Å². The highest BCUT2D eigenvalue weighted by Crippen LogP contribution is 2.31. The zero-order valence-electron chi connectivity index (χ0n) is 12.9. The van der Waals surface area contributed by atoms with E-state index in [0.29, 0.717) is 5.54 Å². The SMILES string of the molecule is CCC(C)CN(CC)C1(CN)CCCCCCC1. The number of likely N-dealkylation sites (N-methyl/N-ethyl adjacent to an activating group) is 1. The van der Waals surface area contributed by atoms with Gasteiger partial charge in [-0.05, 0) is 25.3 Å². The van der Waals surface area contributed by atoms with Gasteiger partial charge in [0.2, 0.25) is 0 Å². The predicted octanol–water partition coefficient (Wildman–Crippen LogP) is 3.80. The summed E-state index contributed by atoms with van der Waals surface area (Å²) in [5, 5.41) is 0. The van der Waals surface area contributed by atoms with Gasteiger partial charge in [-0.2, -0.15) is 0 Å². The van der Waals surface area contributed by atoms with Gasteiger partial charge in [-0.3, -0.25) is 4.90 Å². The van der Waals surface area contributed by atoms with Crippen LogP contribution in [0.2, 0.25) is 0 Å². The van der Waals surface area contributed by atoms with E-state index in [1.54, 1.807) is 0 Å². The number of hydrogen-bond acceptors (Lipinski definition) is 2. The molecule has 1 fully saturated rings. The quantitative estimate of drug-likeness (QED) is 0.781. The molecule has 108 valence electrons. The summed E-state index contributed by atoms with van der Waals surface area (Å²) in [7, 11) is 0. The van der Waals surface area contributed by atoms with Crippen molar-refractivity contribution >= 4 is 0 Å². The average Bonchev–Trinajstić information content (AvgIpc) is 2.37. The Bertz CT molecular complexity index is 207. The summed E-state index contributed by atoms with van der Waals surface area (Å²) in [5.41, 5.74) is 6.51.